The minimum Gasteiger partial charge on any atom is -0.484 e. The van der Waals surface area contributed by atoms with E-state index < -0.39 is 36.9 Å². The number of rotatable bonds is 7. The SMILES string of the molecule is N#Cc1ccc(OCC(=O)N[C@H](CC(=O)O)C(=O)O)cc1. The Morgan fingerprint density at radius 3 is 2.33 bits per heavy atom. The van der Waals surface area contributed by atoms with Gasteiger partial charge in [0, 0.05) is 0 Å². The van der Waals surface area contributed by atoms with Crippen molar-refractivity contribution in [3.05, 3.63) is 29.8 Å². The van der Waals surface area contributed by atoms with E-state index >= 15 is 0 Å². The van der Waals surface area contributed by atoms with Crippen molar-refractivity contribution in [2.45, 2.75) is 12.5 Å². The molecule has 8 heteroatoms. The van der Waals surface area contributed by atoms with Crippen LogP contribution in [-0.2, 0) is 14.4 Å². The van der Waals surface area contributed by atoms with Crippen LogP contribution in [0.15, 0.2) is 24.3 Å². The van der Waals surface area contributed by atoms with Crippen LogP contribution in [0.1, 0.15) is 12.0 Å². The molecule has 0 radical (unpaired) electrons. The summed E-state index contributed by atoms with van der Waals surface area (Å²) in [6.07, 6.45) is -0.724. The maximum atomic E-state index is 11.5. The number of carbonyl (C=O) groups is 3. The summed E-state index contributed by atoms with van der Waals surface area (Å²) in [7, 11) is 0. The van der Waals surface area contributed by atoms with Crippen molar-refractivity contribution < 1.29 is 29.3 Å². The standard InChI is InChI=1S/C13H12N2O6/c14-6-8-1-3-9(4-2-8)21-7-11(16)15-10(13(19)20)5-12(17)18/h1-4,10H,5,7H2,(H,15,16)(H,17,18)(H,19,20)/t10-/m1/s1. The van der Waals surface area contributed by atoms with Gasteiger partial charge < -0.3 is 20.3 Å². The Labute approximate surface area is 119 Å². The van der Waals surface area contributed by atoms with Gasteiger partial charge in [-0.05, 0) is 24.3 Å². The van der Waals surface area contributed by atoms with Crippen molar-refractivity contribution >= 4 is 17.8 Å². The Morgan fingerprint density at radius 1 is 1.24 bits per heavy atom. The minimum atomic E-state index is -1.51. The van der Waals surface area contributed by atoms with Gasteiger partial charge in [0.25, 0.3) is 5.91 Å². The molecule has 0 aliphatic heterocycles. The maximum absolute atomic E-state index is 11.5. The van der Waals surface area contributed by atoms with E-state index in [4.69, 9.17) is 20.2 Å². The normalized spacial score (nSPS) is 11.0. The molecule has 110 valence electrons. The second-order valence-corrected chi connectivity index (χ2v) is 3.98. The van der Waals surface area contributed by atoms with Crippen LogP contribution in [0.5, 0.6) is 5.75 Å². The quantitative estimate of drug-likeness (QED) is 0.642. The Balaban J connectivity index is 2.50. The average Bonchev–Trinajstić information content (AvgIpc) is 2.44. The Hall–Kier alpha value is -3.08. The van der Waals surface area contributed by atoms with Gasteiger partial charge in [0.2, 0.25) is 0 Å². The monoisotopic (exact) mass is 292 g/mol. The second-order valence-electron chi connectivity index (χ2n) is 3.98. The highest BCUT2D eigenvalue weighted by atomic mass is 16.5. The van der Waals surface area contributed by atoms with Crippen LogP contribution in [0.4, 0.5) is 0 Å². The highest BCUT2D eigenvalue weighted by Gasteiger charge is 2.23. The summed E-state index contributed by atoms with van der Waals surface area (Å²) in [4.78, 5) is 32.7. The molecule has 1 aromatic carbocycles. The summed E-state index contributed by atoms with van der Waals surface area (Å²) in [6.45, 7) is -0.463. The molecule has 21 heavy (non-hydrogen) atoms. The molecule has 0 heterocycles. The molecule has 3 N–H and O–H groups in total. The summed E-state index contributed by atoms with van der Waals surface area (Å²) >= 11 is 0. The highest BCUT2D eigenvalue weighted by Crippen LogP contribution is 2.11. The van der Waals surface area contributed by atoms with Gasteiger partial charge in [-0.15, -0.1) is 0 Å². The van der Waals surface area contributed by atoms with Gasteiger partial charge in [-0.1, -0.05) is 0 Å². The van der Waals surface area contributed by atoms with Crippen molar-refractivity contribution in [1.29, 1.82) is 5.26 Å². The first-order valence-electron chi connectivity index (χ1n) is 5.79. The molecule has 1 aromatic rings. The van der Waals surface area contributed by atoms with E-state index in [9.17, 15) is 14.4 Å². The molecule has 0 unspecified atom stereocenters. The molecular formula is C13H12N2O6. The first kappa shape index (κ1) is 16.0. The van der Waals surface area contributed by atoms with Crippen LogP contribution in [0.25, 0.3) is 0 Å². The van der Waals surface area contributed by atoms with Crippen LogP contribution >= 0.6 is 0 Å². The van der Waals surface area contributed by atoms with Gasteiger partial charge in [0.05, 0.1) is 18.1 Å². The molecule has 1 atom stereocenters. The number of carboxylic acid groups (broad SMARTS) is 2. The number of benzene rings is 1. The molecule has 0 saturated carbocycles. The van der Waals surface area contributed by atoms with Crippen molar-refractivity contribution in [2.24, 2.45) is 0 Å². The topological polar surface area (TPSA) is 137 Å². The lowest BCUT2D eigenvalue weighted by Gasteiger charge is -2.12. The van der Waals surface area contributed by atoms with Crippen LogP contribution in [-0.4, -0.2) is 40.7 Å². The molecule has 0 bridgehead atoms. The zero-order valence-electron chi connectivity index (χ0n) is 10.8. The number of nitriles is 1. The largest absolute Gasteiger partial charge is 0.484 e. The fourth-order valence-corrected chi connectivity index (χ4v) is 1.39. The molecule has 1 amide bonds. The number of hydrogen-bond donors (Lipinski definition) is 3. The molecule has 0 saturated heterocycles. The Bertz CT molecular complexity index is 575. The van der Waals surface area contributed by atoms with Gasteiger partial charge in [0.1, 0.15) is 11.8 Å². The lowest BCUT2D eigenvalue weighted by atomic mass is 10.2. The van der Waals surface area contributed by atoms with E-state index in [2.05, 4.69) is 0 Å². The predicted molar refractivity (Wildman–Crippen MR) is 68.5 cm³/mol. The van der Waals surface area contributed by atoms with Gasteiger partial charge in [-0.3, -0.25) is 9.59 Å². The third-order valence-electron chi connectivity index (χ3n) is 2.37. The number of nitrogens with one attached hydrogen (secondary N) is 1. The first-order chi connectivity index (χ1) is 9.92. The maximum Gasteiger partial charge on any atom is 0.326 e. The van der Waals surface area contributed by atoms with Gasteiger partial charge in [-0.2, -0.15) is 5.26 Å². The number of aliphatic carboxylic acids is 2. The van der Waals surface area contributed by atoms with E-state index in [0.717, 1.165) is 0 Å². The fraction of sp³-hybridized carbons (Fsp3) is 0.231. The molecule has 0 aliphatic rings. The number of ether oxygens (including phenoxy) is 1. The van der Waals surface area contributed by atoms with Crippen LogP contribution in [0.2, 0.25) is 0 Å². The summed E-state index contributed by atoms with van der Waals surface area (Å²) in [5.41, 5.74) is 0.430. The van der Waals surface area contributed by atoms with E-state index in [1.54, 1.807) is 0 Å². The van der Waals surface area contributed by atoms with Crippen molar-refractivity contribution in [2.75, 3.05) is 6.61 Å². The highest BCUT2D eigenvalue weighted by molar-refractivity contribution is 5.87. The predicted octanol–water partition coefficient (Wildman–Crippen LogP) is -0.0188. The van der Waals surface area contributed by atoms with Crippen LogP contribution in [0, 0.1) is 11.3 Å². The molecule has 0 fully saturated rings. The molecule has 0 spiro atoms. The van der Waals surface area contributed by atoms with Crippen molar-refractivity contribution in [1.82, 2.24) is 5.32 Å². The third kappa shape index (κ3) is 5.61. The smallest absolute Gasteiger partial charge is 0.326 e. The number of carbonyl (C=O) groups excluding carboxylic acids is 1. The molecular weight excluding hydrogens is 280 g/mol. The molecule has 1 rings (SSSR count). The molecule has 8 nitrogen and oxygen atoms in total. The Morgan fingerprint density at radius 2 is 1.86 bits per heavy atom. The average molecular weight is 292 g/mol. The lowest BCUT2D eigenvalue weighted by Crippen LogP contribution is -2.44. The van der Waals surface area contributed by atoms with Gasteiger partial charge in [0.15, 0.2) is 6.61 Å². The Kier molecular flexibility index (Phi) is 5.70. The zero-order chi connectivity index (χ0) is 15.8. The lowest BCUT2D eigenvalue weighted by molar-refractivity contribution is -0.147. The van der Waals surface area contributed by atoms with Crippen molar-refractivity contribution in [3.63, 3.8) is 0 Å². The summed E-state index contributed by atoms with van der Waals surface area (Å²) in [5, 5.41) is 28.0. The van der Waals surface area contributed by atoms with Gasteiger partial charge in [-0.25, -0.2) is 4.79 Å². The number of carboxylic acids is 2. The third-order valence-corrected chi connectivity index (χ3v) is 2.37. The molecule has 0 aliphatic carbocycles. The van der Waals surface area contributed by atoms with Crippen LogP contribution < -0.4 is 10.1 Å². The van der Waals surface area contributed by atoms with Gasteiger partial charge >= 0.3 is 11.9 Å². The minimum absolute atomic E-state index is 0.328. The summed E-state index contributed by atoms with van der Waals surface area (Å²) in [6, 6.07) is 6.37. The fourth-order valence-electron chi connectivity index (χ4n) is 1.39. The summed E-state index contributed by atoms with van der Waals surface area (Å²) in [5.74, 6) is -3.21. The van der Waals surface area contributed by atoms with E-state index in [-0.39, 0.29) is 0 Å². The van der Waals surface area contributed by atoms with E-state index in [1.165, 1.54) is 24.3 Å². The first-order valence-corrected chi connectivity index (χ1v) is 5.79. The second kappa shape index (κ2) is 7.49. The summed E-state index contributed by atoms with van der Waals surface area (Å²) < 4.78 is 5.09. The van der Waals surface area contributed by atoms with E-state index in [1.807, 2.05) is 11.4 Å². The number of nitrogens with zero attached hydrogens (tertiary/aromatic N) is 1. The van der Waals surface area contributed by atoms with Crippen LogP contribution in [0.3, 0.4) is 0 Å². The van der Waals surface area contributed by atoms with E-state index in [0.29, 0.717) is 11.3 Å². The number of amides is 1. The molecule has 0 aromatic heterocycles. The van der Waals surface area contributed by atoms with Crippen molar-refractivity contribution in [3.8, 4) is 11.8 Å². The number of hydrogen-bond acceptors (Lipinski definition) is 5. The zero-order valence-corrected chi connectivity index (χ0v) is 10.8.